The third kappa shape index (κ3) is 5.24. The second-order valence-electron chi connectivity index (χ2n) is 4.75. The van der Waals surface area contributed by atoms with Crippen LogP contribution in [0.5, 0.6) is 11.5 Å². The van der Waals surface area contributed by atoms with Crippen LogP contribution in [-0.4, -0.2) is 52.5 Å². The van der Waals surface area contributed by atoms with Crippen LogP contribution in [0.3, 0.4) is 0 Å². The van der Waals surface area contributed by atoms with Gasteiger partial charge in [-0.05, 0) is 17.7 Å². The summed E-state index contributed by atoms with van der Waals surface area (Å²) in [5.74, 6) is 1.46. The van der Waals surface area contributed by atoms with Gasteiger partial charge in [-0.3, -0.25) is 4.79 Å². The number of amides is 1. The van der Waals surface area contributed by atoms with E-state index in [0.29, 0.717) is 38.5 Å². The van der Waals surface area contributed by atoms with Crippen LogP contribution in [-0.2, 0) is 16.0 Å². The zero-order chi connectivity index (χ0) is 14.9. The third-order valence-electron chi connectivity index (χ3n) is 3.08. The van der Waals surface area contributed by atoms with E-state index in [1.54, 1.807) is 7.11 Å². The first-order valence-electron chi connectivity index (χ1n) is 7.14. The van der Waals surface area contributed by atoms with Crippen LogP contribution < -0.4 is 20.1 Å². The topological polar surface area (TPSA) is 68.8 Å². The van der Waals surface area contributed by atoms with Gasteiger partial charge in [0.15, 0.2) is 11.5 Å². The first kappa shape index (κ1) is 15.6. The van der Waals surface area contributed by atoms with Crippen molar-refractivity contribution >= 4 is 5.91 Å². The van der Waals surface area contributed by atoms with Crippen LogP contribution in [0, 0.1) is 0 Å². The van der Waals surface area contributed by atoms with Crippen LogP contribution in [0.25, 0.3) is 0 Å². The van der Waals surface area contributed by atoms with Gasteiger partial charge in [0.05, 0.1) is 13.0 Å². The summed E-state index contributed by atoms with van der Waals surface area (Å²) in [6.07, 6.45) is 0.342. The van der Waals surface area contributed by atoms with Crippen molar-refractivity contribution < 1.29 is 19.0 Å². The number of fused-ring (bicyclic) bond motifs is 1. The average Bonchev–Trinajstić information content (AvgIpc) is 2.50. The summed E-state index contributed by atoms with van der Waals surface area (Å²) in [5.41, 5.74) is 0.920. The highest BCUT2D eigenvalue weighted by molar-refractivity contribution is 5.78. The van der Waals surface area contributed by atoms with Gasteiger partial charge in [0.1, 0.15) is 13.2 Å². The van der Waals surface area contributed by atoms with E-state index in [2.05, 4.69) is 10.6 Å². The molecule has 0 fully saturated rings. The minimum absolute atomic E-state index is 0.000203. The van der Waals surface area contributed by atoms with Crippen molar-refractivity contribution in [1.82, 2.24) is 10.6 Å². The number of methoxy groups -OCH3 is 1. The van der Waals surface area contributed by atoms with Gasteiger partial charge in [0.25, 0.3) is 0 Å². The number of carbonyl (C=O) groups excluding carboxylic acids is 1. The largest absolute Gasteiger partial charge is 0.486 e. The van der Waals surface area contributed by atoms with E-state index >= 15 is 0 Å². The Morgan fingerprint density at radius 1 is 1.19 bits per heavy atom. The van der Waals surface area contributed by atoms with Crippen LogP contribution >= 0.6 is 0 Å². The molecule has 6 heteroatoms. The van der Waals surface area contributed by atoms with E-state index < -0.39 is 0 Å². The predicted molar refractivity (Wildman–Crippen MR) is 78.9 cm³/mol. The van der Waals surface area contributed by atoms with Gasteiger partial charge >= 0.3 is 0 Å². The number of nitrogens with one attached hydrogen (secondary N) is 2. The molecule has 1 amide bonds. The maximum Gasteiger partial charge on any atom is 0.224 e. The maximum absolute atomic E-state index is 11.8. The Balaban J connectivity index is 1.70. The van der Waals surface area contributed by atoms with Crippen molar-refractivity contribution in [2.75, 3.05) is 46.6 Å². The minimum atomic E-state index is 0.000203. The van der Waals surface area contributed by atoms with E-state index in [-0.39, 0.29) is 5.91 Å². The molecule has 1 aliphatic rings. The summed E-state index contributed by atoms with van der Waals surface area (Å²) in [7, 11) is 1.66. The standard InChI is InChI=1S/C15H22N2O4/c1-19-7-6-16-4-5-17-15(18)11-12-2-3-13-14(10-12)21-9-8-20-13/h2-3,10,16H,4-9,11H2,1H3,(H,17,18). The quantitative estimate of drug-likeness (QED) is 0.677. The van der Waals surface area contributed by atoms with Crippen molar-refractivity contribution in [3.8, 4) is 11.5 Å². The lowest BCUT2D eigenvalue weighted by molar-refractivity contribution is -0.120. The van der Waals surface area contributed by atoms with Crippen LogP contribution in [0.2, 0.25) is 0 Å². The summed E-state index contributed by atoms with van der Waals surface area (Å²) in [5, 5.41) is 6.04. The highest BCUT2D eigenvalue weighted by atomic mass is 16.6. The molecule has 6 nitrogen and oxygen atoms in total. The smallest absolute Gasteiger partial charge is 0.224 e. The Hall–Kier alpha value is -1.79. The zero-order valence-electron chi connectivity index (χ0n) is 12.3. The SMILES string of the molecule is COCCNCCNC(=O)Cc1ccc2c(c1)OCCO2. The van der Waals surface area contributed by atoms with Crippen molar-refractivity contribution in [3.05, 3.63) is 23.8 Å². The highest BCUT2D eigenvalue weighted by Crippen LogP contribution is 2.30. The predicted octanol–water partition coefficient (Wildman–Crippen LogP) is 0.353. The summed E-state index contributed by atoms with van der Waals surface area (Å²) in [6.45, 7) is 3.92. The lowest BCUT2D eigenvalue weighted by atomic mass is 10.1. The van der Waals surface area contributed by atoms with E-state index in [1.807, 2.05) is 18.2 Å². The molecule has 1 heterocycles. The van der Waals surface area contributed by atoms with Crippen LogP contribution in [0.4, 0.5) is 0 Å². The molecule has 0 spiro atoms. The van der Waals surface area contributed by atoms with Gasteiger partial charge in [-0.15, -0.1) is 0 Å². The average molecular weight is 294 g/mol. The van der Waals surface area contributed by atoms with Crippen molar-refractivity contribution in [1.29, 1.82) is 0 Å². The molecule has 1 aliphatic heterocycles. The number of hydrogen-bond donors (Lipinski definition) is 2. The third-order valence-corrected chi connectivity index (χ3v) is 3.08. The number of ether oxygens (including phenoxy) is 3. The number of hydrogen-bond acceptors (Lipinski definition) is 5. The normalized spacial score (nSPS) is 13.0. The molecule has 1 aromatic carbocycles. The fourth-order valence-corrected chi connectivity index (χ4v) is 2.04. The first-order valence-corrected chi connectivity index (χ1v) is 7.14. The Labute approximate surface area is 124 Å². The molecular weight excluding hydrogens is 272 g/mol. The van der Waals surface area contributed by atoms with E-state index in [1.165, 1.54) is 0 Å². The van der Waals surface area contributed by atoms with Gasteiger partial charge in [-0.1, -0.05) is 6.07 Å². The Morgan fingerprint density at radius 3 is 2.81 bits per heavy atom. The van der Waals surface area contributed by atoms with Crippen molar-refractivity contribution in [2.45, 2.75) is 6.42 Å². The monoisotopic (exact) mass is 294 g/mol. The lowest BCUT2D eigenvalue weighted by Gasteiger charge is -2.18. The van der Waals surface area contributed by atoms with E-state index in [4.69, 9.17) is 14.2 Å². The Bertz CT molecular complexity index is 465. The molecule has 0 saturated heterocycles. The van der Waals surface area contributed by atoms with Crippen molar-refractivity contribution in [2.24, 2.45) is 0 Å². The van der Waals surface area contributed by atoms with Gasteiger partial charge in [-0.25, -0.2) is 0 Å². The molecule has 0 radical (unpaired) electrons. The van der Waals surface area contributed by atoms with Crippen molar-refractivity contribution in [3.63, 3.8) is 0 Å². The molecule has 0 unspecified atom stereocenters. The van der Waals surface area contributed by atoms with E-state index in [9.17, 15) is 4.79 Å². The zero-order valence-corrected chi connectivity index (χ0v) is 12.3. The minimum Gasteiger partial charge on any atom is -0.486 e. The molecule has 0 bridgehead atoms. The maximum atomic E-state index is 11.8. The molecule has 116 valence electrons. The number of benzene rings is 1. The summed E-state index contributed by atoms with van der Waals surface area (Å²) < 4.78 is 15.9. The van der Waals surface area contributed by atoms with Gasteiger partial charge in [0.2, 0.25) is 5.91 Å². The molecule has 0 saturated carbocycles. The molecule has 2 rings (SSSR count). The first-order chi connectivity index (χ1) is 10.3. The van der Waals surface area contributed by atoms with Gasteiger partial charge in [0, 0.05) is 26.7 Å². The molecular formula is C15H22N2O4. The molecule has 1 aromatic rings. The Morgan fingerprint density at radius 2 is 2.00 bits per heavy atom. The second-order valence-corrected chi connectivity index (χ2v) is 4.75. The summed E-state index contributed by atoms with van der Waals surface area (Å²) in [6, 6.07) is 5.61. The second kappa shape index (κ2) is 8.49. The molecule has 0 aromatic heterocycles. The Kier molecular flexibility index (Phi) is 6.30. The molecule has 2 N–H and O–H groups in total. The van der Waals surface area contributed by atoms with Gasteiger partial charge in [-0.2, -0.15) is 0 Å². The molecule has 0 atom stereocenters. The number of rotatable bonds is 8. The highest BCUT2D eigenvalue weighted by Gasteiger charge is 2.12. The molecule has 0 aliphatic carbocycles. The summed E-state index contributed by atoms with van der Waals surface area (Å²) >= 11 is 0. The lowest BCUT2D eigenvalue weighted by Crippen LogP contribution is -2.33. The van der Waals surface area contributed by atoms with E-state index in [0.717, 1.165) is 24.4 Å². The fourth-order valence-electron chi connectivity index (χ4n) is 2.04. The fraction of sp³-hybridized carbons (Fsp3) is 0.533. The summed E-state index contributed by atoms with van der Waals surface area (Å²) in [4.78, 5) is 11.8. The molecule has 21 heavy (non-hydrogen) atoms. The van der Waals surface area contributed by atoms with Gasteiger partial charge < -0.3 is 24.8 Å². The van der Waals surface area contributed by atoms with Crippen LogP contribution in [0.15, 0.2) is 18.2 Å². The number of carbonyl (C=O) groups is 1. The van der Waals surface area contributed by atoms with Crippen LogP contribution in [0.1, 0.15) is 5.56 Å².